The zero-order valence-electron chi connectivity index (χ0n) is 18.3. The Morgan fingerprint density at radius 3 is 2.47 bits per heavy atom. The zero-order valence-corrected chi connectivity index (χ0v) is 18.3. The molecule has 0 radical (unpaired) electrons. The number of hydrogen-bond acceptors (Lipinski definition) is 3. The monoisotopic (exact) mass is 428 g/mol. The Morgan fingerprint density at radius 1 is 1.00 bits per heavy atom. The number of benzene rings is 3. The van der Waals surface area contributed by atoms with Gasteiger partial charge in [0, 0.05) is 11.1 Å². The van der Waals surface area contributed by atoms with E-state index in [0.717, 1.165) is 22.3 Å². The van der Waals surface area contributed by atoms with Crippen LogP contribution in [0.5, 0.6) is 5.75 Å². The summed E-state index contributed by atoms with van der Waals surface area (Å²) in [4.78, 5) is 26.0. The minimum atomic E-state index is -0.767. The van der Waals surface area contributed by atoms with Crippen molar-refractivity contribution in [3.05, 3.63) is 101 Å². The molecular formula is C26H26N3O3+. The summed E-state index contributed by atoms with van der Waals surface area (Å²) in [5.41, 5.74) is 7.25. The van der Waals surface area contributed by atoms with Crippen molar-refractivity contribution in [3.63, 3.8) is 0 Å². The molecule has 6 heteroatoms. The highest BCUT2D eigenvalue weighted by atomic mass is 16.5. The Kier molecular flexibility index (Phi) is 6.03. The number of carbonyl (C=O) groups excluding carboxylic acids is 2. The Labute approximate surface area is 187 Å². The van der Waals surface area contributed by atoms with Crippen LogP contribution in [0.3, 0.4) is 0 Å². The number of para-hydroxylation sites is 1. The van der Waals surface area contributed by atoms with E-state index in [-0.39, 0.29) is 11.8 Å². The number of amides is 2. The molecule has 0 spiro atoms. The van der Waals surface area contributed by atoms with Gasteiger partial charge in [0.1, 0.15) is 5.75 Å². The lowest BCUT2D eigenvalue weighted by molar-refractivity contribution is -0.596. The van der Waals surface area contributed by atoms with Crippen LogP contribution in [0.15, 0.2) is 72.8 Å². The van der Waals surface area contributed by atoms with Gasteiger partial charge in [-0.1, -0.05) is 59.7 Å². The van der Waals surface area contributed by atoms with Gasteiger partial charge in [-0.05, 0) is 38.1 Å². The summed E-state index contributed by atoms with van der Waals surface area (Å²) in [6.45, 7) is 3.94. The third-order valence-corrected chi connectivity index (χ3v) is 5.54. The van der Waals surface area contributed by atoms with Crippen LogP contribution in [-0.2, 0) is 4.79 Å². The molecule has 6 nitrogen and oxygen atoms in total. The van der Waals surface area contributed by atoms with Gasteiger partial charge in [0.2, 0.25) is 12.3 Å². The molecule has 0 bridgehead atoms. The molecular weight excluding hydrogens is 402 g/mol. The standard InChI is InChI=1S/C26H25N3O3/c1-17-11-13-19(14-12-17)24-23(27-25(30)20-9-6-7-18(2)15-20)26(31)28-29(24)16-21-8-4-5-10-22(21)32-3/h4-16,23-24H,1-3H3,(H-,27,28,30,31)/p+1/b29-16-/t23-,24+/m1/s1. The highest BCUT2D eigenvalue weighted by Gasteiger charge is 2.47. The van der Waals surface area contributed by atoms with E-state index in [2.05, 4.69) is 10.7 Å². The molecule has 0 aliphatic carbocycles. The molecule has 0 aromatic heterocycles. The first kappa shape index (κ1) is 21.3. The molecule has 2 N–H and O–H groups in total. The molecule has 1 aliphatic rings. The Bertz CT molecular complexity index is 1180. The van der Waals surface area contributed by atoms with Gasteiger partial charge in [0.05, 0.1) is 12.7 Å². The second kappa shape index (κ2) is 9.06. The van der Waals surface area contributed by atoms with E-state index in [4.69, 9.17) is 4.74 Å². The maximum atomic E-state index is 13.0. The lowest BCUT2D eigenvalue weighted by Crippen LogP contribution is -2.42. The number of hydrazine groups is 1. The smallest absolute Gasteiger partial charge is 0.304 e. The number of carbonyl (C=O) groups is 2. The van der Waals surface area contributed by atoms with Crippen LogP contribution in [0.2, 0.25) is 0 Å². The molecule has 162 valence electrons. The van der Waals surface area contributed by atoms with Crippen molar-refractivity contribution < 1.29 is 19.0 Å². The van der Waals surface area contributed by atoms with Gasteiger partial charge in [-0.25, -0.2) is 0 Å². The van der Waals surface area contributed by atoms with Gasteiger partial charge in [0.15, 0.2) is 6.04 Å². The average Bonchev–Trinajstić information content (AvgIpc) is 3.09. The summed E-state index contributed by atoms with van der Waals surface area (Å²) >= 11 is 0. The van der Waals surface area contributed by atoms with Crippen LogP contribution in [-0.4, -0.2) is 35.9 Å². The van der Waals surface area contributed by atoms with Gasteiger partial charge in [-0.3, -0.25) is 9.59 Å². The van der Waals surface area contributed by atoms with Crippen LogP contribution < -0.4 is 15.5 Å². The number of nitrogens with zero attached hydrogens (tertiary/aromatic N) is 1. The maximum absolute atomic E-state index is 13.0. The van der Waals surface area contributed by atoms with Crippen molar-refractivity contribution in [2.75, 3.05) is 7.11 Å². The normalized spacial score (nSPS) is 19.0. The van der Waals surface area contributed by atoms with E-state index < -0.39 is 12.1 Å². The van der Waals surface area contributed by atoms with Crippen LogP contribution in [0.25, 0.3) is 0 Å². The molecule has 1 aliphatic heterocycles. The lowest BCUT2D eigenvalue weighted by atomic mass is 9.98. The zero-order chi connectivity index (χ0) is 22.7. The van der Waals surface area contributed by atoms with Crippen molar-refractivity contribution in [1.29, 1.82) is 0 Å². The van der Waals surface area contributed by atoms with Gasteiger partial charge in [0.25, 0.3) is 5.91 Å². The number of ether oxygens (including phenoxy) is 1. The summed E-state index contributed by atoms with van der Waals surface area (Å²) in [5.74, 6) is 0.129. The molecule has 3 aromatic carbocycles. The fourth-order valence-corrected chi connectivity index (χ4v) is 3.88. The van der Waals surface area contributed by atoms with Gasteiger partial charge in [-0.15, -0.1) is 10.1 Å². The molecule has 32 heavy (non-hydrogen) atoms. The van der Waals surface area contributed by atoms with Crippen LogP contribution in [0.1, 0.15) is 38.7 Å². The van der Waals surface area contributed by atoms with Crippen molar-refractivity contribution in [2.24, 2.45) is 0 Å². The molecule has 3 aromatic rings. The minimum Gasteiger partial charge on any atom is -0.496 e. The number of nitrogens with one attached hydrogen (secondary N) is 2. The van der Waals surface area contributed by atoms with Crippen LogP contribution >= 0.6 is 0 Å². The fourth-order valence-electron chi connectivity index (χ4n) is 3.88. The van der Waals surface area contributed by atoms with E-state index in [1.54, 1.807) is 17.9 Å². The van der Waals surface area contributed by atoms with E-state index in [1.807, 2.05) is 86.8 Å². The Balaban J connectivity index is 1.73. The maximum Gasteiger partial charge on any atom is 0.304 e. The van der Waals surface area contributed by atoms with Gasteiger partial charge >= 0.3 is 5.91 Å². The Hall–Kier alpha value is -3.93. The van der Waals surface area contributed by atoms with Crippen molar-refractivity contribution >= 4 is 18.0 Å². The number of aryl methyl sites for hydroxylation is 2. The largest absolute Gasteiger partial charge is 0.496 e. The van der Waals surface area contributed by atoms with Gasteiger partial charge in [-0.2, -0.15) is 0 Å². The first-order valence-electron chi connectivity index (χ1n) is 10.5. The summed E-state index contributed by atoms with van der Waals surface area (Å²) in [6.07, 6.45) is 1.83. The molecule has 1 saturated heterocycles. The molecule has 1 fully saturated rings. The quantitative estimate of drug-likeness (QED) is 0.613. The summed E-state index contributed by atoms with van der Waals surface area (Å²) in [6, 6.07) is 21.6. The van der Waals surface area contributed by atoms with E-state index in [1.165, 1.54) is 0 Å². The van der Waals surface area contributed by atoms with E-state index in [0.29, 0.717) is 11.3 Å². The van der Waals surface area contributed by atoms with Crippen LogP contribution in [0.4, 0.5) is 0 Å². The topological polar surface area (TPSA) is 70.4 Å². The number of rotatable bonds is 5. The number of hydrazone groups is 1. The SMILES string of the molecule is COc1ccccc1/C=[N+]1\NC(=O)[C@H](NC(=O)c2cccc(C)c2)[C@@H]1c1ccc(C)cc1. The minimum absolute atomic E-state index is 0.275. The molecule has 0 saturated carbocycles. The van der Waals surface area contributed by atoms with Crippen molar-refractivity contribution in [1.82, 2.24) is 10.7 Å². The highest BCUT2D eigenvalue weighted by molar-refractivity contribution is 5.98. The second-order valence-corrected chi connectivity index (χ2v) is 7.93. The molecule has 4 rings (SSSR count). The third-order valence-electron chi connectivity index (χ3n) is 5.54. The lowest BCUT2D eigenvalue weighted by Gasteiger charge is -2.15. The first-order chi connectivity index (χ1) is 15.5. The van der Waals surface area contributed by atoms with E-state index >= 15 is 0 Å². The predicted molar refractivity (Wildman–Crippen MR) is 123 cm³/mol. The first-order valence-corrected chi connectivity index (χ1v) is 10.5. The predicted octanol–water partition coefficient (Wildman–Crippen LogP) is 3.33. The summed E-state index contributed by atoms with van der Waals surface area (Å²) in [5, 5.41) is 2.94. The van der Waals surface area contributed by atoms with Crippen LogP contribution in [0, 0.1) is 13.8 Å². The molecule has 2 amide bonds. The number of methoxy groups -OCH3 is 1. The fraction of sp³-hybridized carbons (Fsp3) is 0.192. The molecule has 2 atom stereocenters. The number of hydrogen-bond donors (Lipinski definition) is 2. The van der Waals surface area contributed by atoms with Gasteiger partial charge < -0.3 is 10.1 Å². The summed E-state index contributed by atoms with van der Waals surface area (Å²) < 4.78 is 7.20. The second-order valence-electron chi connectivity index (χ2n) is 7.93. The van der Waals surface area contributed by atoms with Crippen molar-refractivity contribution in [2.45, 2.75) is 25.9 Å². The Morgan fingerprint density at radius 2 is 1.75 bits per heavy atom. The summed E-state index contributed by atoms with van der Waals surface area (Å²) in [7, 11) is 1.61. The third kappa shape index (κ3) is 4.39. The van der Waals surface area contributed by atoms with E-state index in [9.17, 15) is 9.59 Å². The molecule has 0 unspecified atom stereocenters. The highest BCUT2D eigenvalue weighted by Crippen LogP contribution is 2.27. The average molecular weight is 429 g/mol. The molecule has 1 heterocycles. The van der Waals surface area contributed by atoms with Crippen molar-refractivity contribution in [3.8, 4) is 5.75 Å².